The van der Waals surface area contributed by atoms with Crippen LogP contribution in [-0.2, 0) is 0 Å². The van der Waals surface area contributed by atoms with E-state index in [4.69, 9.17) is 0 Å². The fourth-order valence-corrected chi connectivity index (χ4v) is 3.22. The Morgan fingerprint density at radius 1 is 1.47 bits per heavy atom. The average Bonchev–Trinajstić information content (AvgIpc) is 2.24. The summed E-state index contributed by atoms with van der Waals surface area (Å²) in [5.74, 6) is 2.21. The first-order chi connectivity index (χ1) is 7.25. The van der Waals surface area contributed by atoms with Gasteiger partial charge in [-0.1, -0.05) is 0 Å². The summed E-state index contributed by atoms with van der Waals surface area (Å²) in [6, 6.07) is 5.30. The quantitative estimate of drug-likeness (QED) is 0.886. The predicted octanol–water partition coefficient (Wildman–Crippen LogP) is 3.90. The van der Waals surface area contributed by atoms with Crippen LogP contribution in [0.15, 0.2) is 22.7 Å². The van der Waals surface area contributed by atoms with Crippen molar-refractivity contribution in [1.82, 2.24) is 0 Å². The number of benzene rings is 1. The van der Waals surface area contributed by atoms with E-state index in [1.165, 1.54) is 30.7 Å². The molecule has 1 atom stereocenters. The highest BCUT2D eigenvalue weighted by Crippen LogP contribution is 2.26. The molecule has 15 heavy (non-hydrogen) atoms. The van der Waals surface area contributed by atoms with Crippen LogP contribution in [0.1, 0.15) is 12.8 Å². The number of anilines is 1. The molecule has 82 valence electrons. The molecule has 1 N–H and O–H groups in total. The highest BCUT2D eigenvalue weighted by molar-refractivity contribution is 9.10. The number of hydrogen-bond donors (Lipinski definition) is 1. The van der Waals surface area contributed by atoms with E-state index in [9.17, 15) is 4.39 Å². The Balaban J connectivity index is 2.03. The van der Waals surface area contributed by atoms with E-state index >= 15 is 0 Å². The molecule has 0 bridgehead atoms. The monoisotopic (exact) mass is 289 g/mol. The second-order valence-corrected chi connectivity index (χ2v) is 5.69. The third kappa shape index (κ3) is 3.11. The normalized spacial score (nSPS) is 21.3. The molecule has 2 rings (SSSR count). The third-order valence-electron chi connectivity index (χ3n) is 2.45. The molecule has 0 radical (unpaired) electrons. The van der Waals surface area contributed by atoms with Crippen LogP contribution < -0.4 is 5.32 Å². The van der Waals surface area contributed by atoms with Crippen molar-refractivity contribution >= 4 is 33.4 Å². The second-order valence-electron chi connectivity index (χ2n) is 3.68. The molecule has 1 saturated heterocycles. The summed E-state index contributed by atoms with van der Waals surface area (Å²) < 4.78 is 13.7. The SMILES string of the molecule is Fc1ccc(NC2CCCSC2)c(Br)c1. The lowest BCUT2D eigenvalue weighted by atomic mass is 10.1. The molecule has 1 fully saturated rings. The first-order valence-electron chi connectivity index (χ1n) is 5.05. The molecule has 0 saturated carbocycles. The summed E-state index contributed by atoms with van der Waals surface area (Å²) >= 11 is 5.34. The fraction of sp³-hybridized carbons (Fsp3) is 0.455. The van der Waals surface area contributed by atoms with Gasteiger partial charge in [0.15, 0.2) is 0 Å². The molecule has 4 heteroatoms. The third-order valence-corrected chi connectivity index (χ3v) is 4.32. The zero-order valence-electron chi connectivity index (χ0n) is 8.30. The lowest BCUT2D eigenvalue weighted by Crippen LogP contribution is -2.25. The number of hydrogen-bond acceptors (Lipinski definition) is 2. The molecule has 0 aliphatic carbocycles. The zero-order valence-corrected chi connectivity index (χ0v) is 10.7. The van der Waals surface area contributed by atoms with Gasteiger partial charge in [0.05, 0.1) is 0 Å². The van der Waals surface area contributed by atoms with Gasteiger partial charge in [-0.15, -0.1) is 0 Å². The number of nitrogens with one attached hydrogen (secondary N) is 1. The van der Waals surface area contributed by atoms with E-state index in [-0.39, 0.29) is 5.82 Å². The van der Waals surface area contributed by atoms with E-state index in [1.54, 1.807) is 6.07 Å². The maximum absolute atomic E-state index is 12.9. The summed E-state index contributed by atoms with van der Waals surface area (Å²) in [6.45, 7) is 0. The first-order valence-corrected chi connectivity index (χ1v) is 7.00. The predicted molar refractivity (Wildman–Crippen MR) is 68.1 cm³/mol. The Bertz CT molecular complexity index is 339. The fourth-order valence-electron chi connectivity index (χ4n) is 1.68. The first kappa shape index (κ1) is 11.3. The van der Waals surface area contributed by atoms with Crippen LogP contribution in [0.5, 0.6) is 0 Å². The summed E-state index contributed by atoms with van der Waals surface area (Å²) in [6.07, 6.45) is 2.47. The van der Waals surface area contributed by atoms with Crippen molar-refractivity contribution in [2.75, 3.05) is 16.8 Å². The largest absolute Gasteiger partial charge is 0.381 e. The molecule has 1 nitrogen and oxygen atoms in total. The van der Waals surface area contributed by atoms with Crippen LogP contribution in [0.4, 0.5) is 10.1 Å². The molecule has 1 aliphatic rings. The van der Waals surface area contributed by atoms with Gasteiger partial charge >= 0.3 is 0 Å². The van der Waals surface area contributed by atoms with Crippen LogP contribution in [0.3, 0.4) is 0 Å². The number of thioether (sulfide) groups is 1. The summed E-state index contributed by atoms with van der Waals surface area (Å²) in [7, 11) is 0. The van der Waals surface area contributed by atoms with Crippen molar-refractivity contribution in [3.05, 3.63) is 28.5 Å². The molecule has 1 unspecified atom stereocenters. The molecular weight excluding hydrogens is 277 g/mol. The zero-order chi connectivity index (χ0) is 10.7. The van der Waals surface area contributed by atoms with Crippen LogP contribution in [0, 0.1) is 5.82 Å². The second kappa shape index (κ2) is 5.21. The van der Waals surface area contributed by atoms with E-state index < -0.39 is 0 Å². The minimum absolute atomic E-state index is 0.203. The lowest BCUT2D eigenvalue weighted by Gasteiger charge is -2.24. The molecule has 0 spiro atoms. The van der Waals surface area contributed by atoms with E-state index in [0.29, 0.717) is 6.04 Å². The Labute approximate surface area is 102 Å². The molecule has 0 aromatic heterocycles. The molecule has 1 aromatic carbocycles. The van der Waals surface area contributed by atoms with E-state index in [2.05, 4.69) is 21.2 Å². The minimum atomic E-state index is -0.203. The van der Waals surface area contributed by atoms with Crippen LogP contribution in [0.25, 0.3) is 0 Å². The van der Waals surface area contributed by atoms with Crippen molar-refractivity contribution in [1.29, 1.82) is 0 Å². The van der Waals surface area contributed by atoms with Crippen LogP contribution >= 0.6 is 27.7 Å². The smallest absolute Gasteiger partial charge is 0.124 e. The average molecular weight is 290 g/mol. The van der Waals surface area contributed by atoms with Crippen molar-refractivity contribution in [3.8, 4) is 0 Å². The van der Waals surface area contributed by atoms with Gasteiger partial charge in [-0.05, 0) is 52.7 Å². The van der Waals surface area contributed by atoms with Gasteiger partial charge < -0.3 is 5.32 Å². The molecule has 1 aliphatic heterocycles. The minimum Gasteiger partial charge on any atom is -0.381 e. The number of halogens is 2. The standard InChI is InChI=1S/C11H13BrFNS/c12-10-6-8(13)3-4-11(10)14-9-2-1-5-15-7-9/h3-4,6,9,14H,1-2,5,7H2. The maximum Gasteiger partial charge on any atom is 0.124 e. The molecule has 1 heterocycles. The Hall–Kier alpha value is -0.220. The summed E-state index contributed by atoms with van der Waals surface area (Å²) in [5.41, 5.74) is 0.990. The van der Waals surface area contributed by atoms with Gasteiger partial charge in [-0.2, -0.15) is 11.8 Å². The summed E-state index contributed by atoms with van der Waals surface area (Å²) in [4.78, 5) is 0. The van der Waals surface area contributed by atoms with Crippen molar-refractivity contribution < 1.29 is 4.39 Å². The van der Waals surface area contributed by atoms with E-state index in [0.717, 1.165) is 15.9 Å². The van der Waals surface area contributed by atoms with Crippen molar-refractivity contribution in [2.45, 2.75) is 18.9 Å². The van der Waals surface area contributed by atoms with Gasteiger partial charge in [0.25, 0.3) is 0 Å². The lowest BCUT2D eigenvalue weighted by molar-refractivity contribution is 0.626. The summed E-state index contributed by atoms with van der Waals surface area (Å²) in [5, 5.41) is 3.44. The highest BCUT2D eigenvalue weighted by atomic mass is 79.9. The molecule has 0 amide bonds. The van der Waals surface area contributed by atoms with Gasteiger partial charge in [0.2, 0.25) is 0 Å². The Kier molecular flexibility index (Phi) is 3.92. The Morgan fingerprint density at radius 3 is 3.00 bits per heavy atom. The number of rotatable bonds is 2. The van der Waals surface area contributed by atoms with Gasteiger partial charge in [-0.3, -0.25) is 0 Å². The van der Waals surface area contributed by atoms with Gasteiger partial charge in [0, 0.05) is 22.0 Å². The van der Waals surface area contributed by atoms with Crippen LogP contribution in [0.2, 0.25) is 0 Å². The van der Waals surface area contributed by atoms with E-state index in [1.807, 2.05) is 11.8 Å². The van der Waals surface area contributed by atoms with Crippen molar-refractivity contribution in [2.24, 2.45) is 0 Å². The topological polar surface area (TPSA) is 12.0 Å². The Morgan fingerprint density at radius 2 is 2.33 bits per heavy atom. The highest BCUT2D eigenvalue weighted by Gasteiger charge is 2.14. The van der Waals surface area contributed by atoms with Crippen LogP contribution in [-0.4, -0.2) is 17.5 Å². The maximum atomic E-state index is 12.9. The molecular formula is C11H13BrFNS. The van der Waals surface area contributed by atoms with Gasteiger partial charge in [-0.25, -0.2) is 4.39 Å². The van der Waals surface area contributed by atoms with Crippen molar-refractivity contribution in [3.63, 3.8) is 0 Å². The molecule has 1 aromatic rings. The van der Waals surface area contributed by atoms with Gasteiger partial charge in [0.1, 0.15) is 5.82 Å².